The Morgan fingerprint density at radius 2 is 2.07 bits per heavy atom. The summed E-state index contributed by atoms with van der Waals surface area (Å²) in [6.07, 6.45) is 2.34. The molecule has 1 aromatic carbocycles. The quantitative estimate of drug-likeness (QED) is 0.797. The minimum Gasteiger partial charge on any atom is -0.454 e. The van der Waals surface area contributed by atoms with Crippen molar-refractivity contribution in [3.63, 3.8) is 0 Å². The Morgan fingerprint density at radius 3 is 2.80 bits per heavy atom. The van der Waals surface area contributed by atoms with Crippen LogP contribution in [0.15, 0.2) is 12.1 Å². The lowest BCUT2D eigenvalue weighted by atomic mass is 10.0. The van der Waals surface area contributed by atoms with Crippen molar-refractivity contribution in [2.24, 2.45) is 0 Å². The van der Waals surface area contributed by atoms with Gasteiger partial charge in [-0.2, -0.15) is 0 Å². The van der Waals surface area contributed by atoms with E-state index in [4.69, 9.17) is 21.1 Å². The van der Waals surface area contributed by atoms with Crippen LogP contribution in [0.1, 0.15) is 24.4 Å². The molecular formula is C11H12ClNO2. The average molecular weight is 226 g/mol. The molecule has 1 atom stereocenters. The molecule has 1 aromatic rings. The summed E-state index contributed by atoms with van der Waals surface area (Å²) in [6, 6.07) is 4.21. The molecule has 2 aliphatic heterocycles. The van der Waals surface area contributed by atoms with Crippen molar-refractivity contribution in [2.75, 3.05) is 13.3 Å². The summed E-state index contributed by atoms with van der Waals surface area (Å²) in [4.78, 5) is 0. The van der Waals surface area contributed by atoms with Gasteiger partial charge in [-0.25, -0.2) is 0 Å². The highest BCUT2D eigenvalue weighted by molar-refractivity contribution is 6.31. The van der Waals surface area contributed by atoms with Crippen LogP contribution < -0.4 is 14.8 Å². The van der Waals surface area contributed by atoms with E-state index in [1.54, 1.807) is 0 Å². The van der Waals surface area contributed by atoms with Gasteiger partial charge in [-0.15, -0.1) is 0 Å². The first-order valence-corrected chi connectivity index (χ1v) is 5.55. The maximum Gasteiger partial charge on any atom is 0.231 e. The number of nitrogens with one attached hydrogen (secondary N) is 1. The van der Waals surface area contributed by atoms with E-state index in [-0.39, 0.29) is 0 Å². The van der Waals surface area contributed by atoms with Crippen molar-refractivity contribution in [1.82, 2.24) is 5.32 Å². The highest BCUT2D eigenvalue weighted by Gasteiger charge is 2.23. The molecule has 0 aromatic heterocycles. The largest absolute Gasteiger partial charge is 0.454 e. The Morgan fingerprint density at radius 1 is 1.27 bits per heavy atom. The second-order valence-corrected chi connectivity index (χ2v) is 4.28. The van der Waals surface area contributed by atoms with E-state index >= 15 is 0 Å². The highest BCUT2D eigenvalue weighted by atomic mass is 35.5. The third-order valence-electron chi connectivity index (χ3n) is 2.93. The molecule has 4 heteroatoms. The molecule has 0 spiro atoms. The summed E-state index contributed by atoms with van der Waals surface area (Å²) < 4.78 is 10.6. The molecule has 0 saturated carbocycles. The molecule has 1 saturated heterocycles. The fourth-order valence-corrected chi connectivity index (χ4v) is 2.44. The highest BCUT2D eigenvalue weighted by Crippen LogP contribution is 2.40. The molecule has 2 aliphatic rings. The van der Waals surface area contributed by atoms with Crippen molar-refractivity contribution in [3.8, 4) is 11.5 Å². The van der Waals surface area contributed by atoms with Crippen molar-refractivity contribution < 1.29 is 9.47 Å². The number of hydrogen-bond donors (Lipinski definition) is 1. The van der Waals surface area contributed by atoms with Gasteiger partial charge in [0, 0.05) is 17.1 Å². The number of halogens is 1. The van der Waals surface area contributed by atoms with Gasteiger partial charge in [0.1, 0.15) is 0 Å². The van der Waals surface area contributed by atoms with Crippen molar-refractivity contribution in [1.29, 1.82) is 0 Å². The summed E-state index contributed by atoms with van der Waals surface area (Å²) >= 11 is 6.21. The first-order valence-electron chi connectivity index (χ1n) is 5.17. The van der Waals surface area contributed by atoms with Crippen LogP contribution >= 0.6 is 11.6 Å². The van der Waals surface area contributed by atoms with Crippen LogP contribution in [0.4, 0.5) is 0 Å². The van der Waals surface area contributed by atoms with Gasteiger partial charge in [0.15, 0.2) is 11.5 Å². The average Bonchev–Trinajstić information content (AvgIpc) is 2.85. The van der Waals surface area contributed by atoms with Crippen LogP contribution in [0, 0.1) is 0 Å². The summed E-state index contributed by atoms with van der Waals surface area (Å²) in [5.41, 5.74) is 1.12. The van der Waals surface area contributed by atoms with Gasteiger partial charge in [-0.1, -0.05) is 11.6 Å². The first-order chi connectivity index (χ1) is 7.34. The molecule has 80 valence electrons. The van der Waals surface area contributed by atoms with E-state index in [1.807, 2.05) is 12.1 Å². The van der Waals surface area contributed by atoms with Gasteiger partial charge >= 0.3 is 0 Å². The van der Waals surface area contributed by atoms with Crippen LogP contribution in [0.3, 0.4) is 0 Å². The second kappa shape index (κ2) is 3.58. The van der Waals surface area contributed by atoms with Gasteiger partial charge in [0.2, 0.25) is 6.79 Å². The standard InChI is InChI=1S/C11H12ClNO2/c12-8-5-11-10(14-6-15-11)4-7(8)9-2-1-3-13-9/h4-5,9,13H,1-3,6H2/t9-/m0/s1. The molecule has 0 unspecified atom stereocenters. The van der Waals surface area contributed by atoms with Gasteiger partial charge < -0.3 is 14.8 Å². The molecule has 3 rings (SSSR count). The smallest absolute Gasteiger partial charge is 0.231 e. The zero-order valence-electron chi connectivity index (χ0n) is 8.25. The number of ether oxygens (including phenoxy) is 2. The zero-order chi connectivity index (χ0) is 10.3. The maximum absolute atomic E-state index is 6.21. The lowest BCUT2D eigenvalue weighted by Gasteiger charge is -2.13. The second-order valence-electron chi connectivity index (χ2n) is 3.88. The van der Waals surface area contributed by atoms with Gasteiger partial charge in [-0.3, -0.25) is 0 Å². The van der Waals surface area contributed by atoms with Gasteiger partial charge in [0.25, 0.3) is 0 Å². The third-order valence-corrected chi connectivity index (χ3v) is 3.25. The maximum atomic E-state index is 6.21. The summed E-state index contributed by atoms with van der Waals surface area (Å²) in [7, 11) is 0. The topological polar surface area (TPSA) is 30.5 Å². The molecule has 1 fully saturated rings. The number of hydrogen-bond acceptors (Lipinski definition) is 3. The normalized spacial score (nSPS) is 23.4. The van der Waals surface area contributed by atoms with Crippen molar-refractivity contribution >= 4 is 11.6 Å². The number of benzene rings is 1. The molecule has 1 N–H and O–H groups in total. The van der Waals surface area contributed by atoms with E-state index in [2.05, 4.69) is 5.32 Å². The minimum atomic E-state index is 0.299. The molecule has 2 heterocycles. The summed E-state index contributed by atoms with van der Waals surface area (Å²) in [5.74, 6) is 1.56. The fraction of sp³-hybridized carbons (Fsp3) is 0.455. The number of fused-ring (bicyclic) bond motifs is 1. The van der Waals surface area contributed by atoms with Crippen LogP contribution in [-0.2, 0) is 0 Å². The fourth-order valence-electron chi connectivity index (χ4n) is 2.15. The molecular weight excluding hydrogens is 214 g/mol. The first kappa shape index (κ1) is 9.31. The predicted octanol–water partition coefficient (Wildman–Crippen LogP) is 2.49. The van der Waals surface area contributed by atoms with Gasteiger partial charge in [0.05, 0.1) is 0 Å². The summed E-state index contributed by atoms with van der Waals surface area (Å²) in [5, 5.41) is 4.19. The van der Waals surface area contributed by atoms with E-state index < -0.39 is 0 Å². The molecule has 15 heavy (non-hydrogen) atoms. The molecule has 0 aliphatic carbocycles. The van der Waals surface area contributed by atoms with Gasteiger partial charge in [-0.05, 0) is 31.0 Å². The van der Waals surface area contributed by atoms with Crippen molar-refractivity contribution in [3.05, 3.63) is 22.7 Å². The Bertz CT molecular complexity index is 388. The Hall–Kier alpha value is -0.930. The Balaban J connectivity index is 2.00. The molecule has 0 amide bonds. The molecule has 0 radical (unpaired) electrons. The SMILES string of the molecule is Clc1cc2c(cc1[C@@H]1CCCN1)OCO2. The van der Waals surface area contributed by atoms with Crippen LogP contribution in [-0.4, -0.2) is 13.3 Å². The van der Waals surface area contributed by atoms with Crippen LogP contribution in [0.5, 0.6) is 11.5 Å². The van der Waals surface area contributed by atoms with E-state index in [0.29, 0.717) is 12.8 Å². The lowest BCUT2D eigenvalue weighted by Crippen LogP contribution is -2.13. The zero-order valence-corrected chi connectivity index (χ0v) is 9.01. The monoisotopic (exact) mass is 225 g/mol. The van der Waals surface area contributed by atoms with Crippen molar-refractivity contribution in [2.45, 2.75) is 18.9 Å². The number of rotatable bonds is 1. The molecule has 3 nitrogen and oxygen atoms in total. The lowest BCUT2D eigenvalue weighted by molar-refractivity contribution is 0.174. The minimum absolute atomic E-state index is 0.299. The van der Waals surface area contributed by atoms with E-state index in [1.165, 1.54) is 6.42 Å². The van der Waals surface area contributed by atoms with E-state index in [0.717, 1.165) is 35.1 Å². The van der Waals surface area contributed by atoms with Crippen LogP contribution in [0.25, 0.3) is 0 Å². The van der Waals surface area contributed by atoms with Crippen LogP contribution in [0.2, 0.25) is 5.02 Å². The summed E-state index contributed by atoms with van der Waals surface area (Å²) in [6.45, 7) is 1.36. The Labute approximate surface area is 93.3 Å². The Kier molecular flexibility index (Phi) is 2.22. The predicted molar refractivity (Wildman–Crippen MR) is 57.6 cm³/mol. The van der Waals surface area contributed by atoms with E-state index in [9.17, 15) is 0 Å². The molecule has 0 bridgehead atoms. The third kappa shape index (κ3) is 1.56.